The Morgan fingerprint density at radius 2 is 1.74 bits per heavy atom. The molecule has 2 heterocycles. The Bertz CT molecular complexity index is 1140. The number of urea groups is 2. The van der Waals surface area contributed by atoms with Crippen molar-refractivity contribution in [2.24, 2.45) is 0 Å². The van der Waals surface area contributed by atoms with E-state index in [9.17, 15) is 9.59 Å². The highest BCUT2D eigenvalue weighted by Gasteiger charge is 2.21. The third-order valence-corrected chi connectivity index (χ3v) is 5.81. The third kappa shape index (κ3) is 5.93. The van der Waals surface area contributed by atoms with Crippen LogP contribution in [0.15, 0.2) is 54.6 Å². The number of fused-ring (bicyclic) bond motifs is 1. The number of para-hydroxylation sites is 1. The number of carbonyl (C=O) groups excluding carboxylic acids is 2. The van der Waals surface area contributed by atoms with Gasteiger partial charge in [0.2, 0.25) is 0 Å². The average molecular weight is 463 g/mol. The summed E-state index contributed by atoms with van der Waals surface area (Å²) in [6, 6.07) is 16.5. The van der Waals surface area contributed by atoms with Crippen molar-refractivity contribution in [3.63, 3.8) is 0 Å². The minimum absolute atomic E-state index is 0.109. The first-order valence-electron chi connectivity index (χ1n) is 11.4. The molecule has 2 aromatic carbocycles. The van der Waals surface area contributed by atoms with E-state index in [-0.39, 0.29) is 12.1 Å². The number of nitrogens with zero attached hydrogens (tertiary/aromatic N) is 3. The van der Waals surface area contributed by atoms with E-state index in [2.05, 4.69) is 25.8 Å². The van der Waals surface area contributed by atoms with Gasteiger partial charge in [-0.25, -0.2) is 9.59 Å². The molecule has 9 heteroatoms. The first kappa shape index (κ1) is 23.3. The van der Waals surface area contributed by atoms with Gasteiger partial charge >= 0.3 is 12.1 Å². The number of amides is 4. The fourth-order valence-corrected chi connectivity index (χ4v) is 3.96. The van der Waals surface area contributed by atoms with Crippen molar-refractivity contribution >= 4 is 34.3 Å². The standard InChI is InChI=1S/C25H30N6O3/c1-18-17-23(21-5-3-4-6-22(21)27-18)29-24(32)26-11-12-30-13-15-31(16-14-30)25(33)28-19-7-9-20(34-2)10-8-19/h3-10,17H,11-16H2,1-2H3,(H,28,33)(H2,26,27,29,32). The smallest absolute Gasteiger partial charge is 0.321 e. The number of hydrogen-bond acceptors (Lipinski definition) is 5. The number of benzene rings is 2. The Kier molecular flexibility index (Phi) is 7.44. The summed E-state index contributed by atoms with van der Waals surface area (Å²) in [7, 11) is 1.61. The molecule has 4 rings (SSSR count). The minimum atomic E-state index is -0.242. The predicted octanol–water partition coefficient (Wildman–Crippen LogP) is 3.52. The lowest BCUT2D eigenvalue weighted by Crippen LogP contribution is -2.51. The van der Waals surface area contributed by atoms with Crippen LogP contribution in [0, 0.1) is 6.92 Å². The van der Waals surface area contributed by atoms with Gasteiger partial charge < -0.3 is 25.6 Å². The van der Waals surface area contributed by atoms with Crippen molar-refractivity contribution in [2.45, 2.75) is 6.92 Å². The minimum Gasteiger partial charge on any atom is -0.497 e. The maximum atomic E-state index is 12.5. The van der Waals surface area contributed by atoms with Gasteiger partial charge in [-0.2, -0.15) is 0 Å². The zero-order chi connectivity index (χ0) is 23.9. The molecule has 0 bridgehead atoms. The lowest BCUT2D eigenvalue weighted by molar-refractivity contribution is 0.148. The molecule has 4 amide bonds. The van der Waals surface area contributed by atoms with Gasteiger partial charge in [0.05, 0.1) is 18.3 Å². The van der Waals surface area contributed by atoms with E-state index in [0.717, 1.165) is 53.4 Å². The molecule has 34 heavy (non-hydrogen) atoms. The Balaban J connectivity index is 1.19. The molecule has 1 aliphatic heterocycles. The number of hydrogen-bond donors (Lipinski definition) is 3. The van der Waals surface area contributed by atoms with E-state index >= 15 is 0 Å². The summed E-state index contributed by atoms with van der Waals surface area (Å²) in [6.07, 6.45) is 0. The van der Waals surface area contributed by atoms with Gasteiger partial charge in [-0.05, 0) is 43.3 Å². The van der Waals surface area contributed by atoms with E-state index in [1.54, 1.807) is 12.0 Å². The first-order chi connectivity index (χ1) is 16.5. The summed E-state index contributed by atoms with van der Waals surface area (Å²) in [5.41, 5.74) is 3.19. The largest absolute Gasteiger partial charge is 0.497 e. The maximum absolute atomic E-state index is 12.5. The predicted molar refractivity (Wildman–Crippen MR) is 134 cm³/mol. The highest BCUT2D eigenvalue weighted by atomic mass is 16.5. The number of aromatic nitrogens is 1. The Morgan fingerprint density at radius 3 is 2.47 bits per heavy atom. The van der Waals surface area contributed by atoms with Gasteiger partial charge in [0, 0.05) is 56.0 Å². The Hall–Kier alpha value is -3.85. The molecule has 0 unspecified atom stereocenters. The molecule has 0 saturated carbocycles. The summed E-state index contributed by atoms with van der Waals surface area (Å²) in [6.45, 7) is 5.93. The third-order valence-electron chi connectivity index (χ3n) is 5.81. The number of methoxy groups -OCH3 is 1. The molecule has 0 aliphatic carbocycles. The molecule has 1 aromatic heterocycles. The van der Waals surface area contributed by atoms with E-state index in [4.69, 9.17) is 4.74 Å². The number of carbonyl (C=O) groups is 2. The van der Waals surface area contributed by atoms with Crippen LogP contribution < -0.4 is 20.7 Å². The van der Waals surface area contributed by atoms with Crippen LogP contribution >= 0.6 is 0 Å². The highest BCUT2D eigenvalue weighted by molar-refractivity contribution is 6.00. The Labute approximate surface area is 199 Å². The highest BCUT2D eigenvalue weighted by Crippen LogP contribution is 2.22. The molecule has 1 aliphatic rings. The molecule has 3 N–H and O–H groups in total. The van der Waals surface area contributed by atoms with Crippen LogP contribution in [-0.2, 0) is 0 Å². The van der Waals surface area contributed by atoms with Crippen LogP contribution in [0.3, 0.4) is 0 Å². The van der Waals surface area contributed by atoms with Crippen LogP contribution in [0.25, 0.3) is 10.9 Å². The lowest BCUT2D eigenvalue weighted by Gasteiger charge is -2.34. The molecular weight excluding hydrogens is 432 g/mol. The lowest BCUT2D eigenvalue weighted by atomic mass is 10.1. The molecular formula is C25H30N6O3. The fraction of sp³-hybridized carbons (Fsp3) is 0.320. The molecule has 1 fully saturated rings. The van der Waals surface area contributed by atoms with Crippen LogP contribution in [0.4, 0.5) is 21.0 Å². The van der Waals surface area contributed by atoms with Crippen LogP contribution in [-0.4, -0.2) is 73.2 Å². The van der Waals surface area contributed by atoms with Crippen molar-refractivity contribution in [1.82, 2.24) is 20.1 Å². The summed E-state index contributed by atoms with van der Waals surface area (Å²) in [5, 5.41) is 9.69. The molecule has 0 atom stereocenters. The van der Waals surface area contributed by atoms with Crippen molar-refractivity contribution in [2.75, 3.05) is 57.0 Å². The molecule has 1 saturated heterocycles. The number of anilines is 2. The number of rotatable bonds is 6. The molecule has 178 valence electrons. The topological polar surface area (TPSA) is 98.8 Å². The van der Waals surface area contributed by atoms with Crippen molar-refractivity contribution in [3.05, 3.63) is 60.3 Å². The molecule has 0 spiro atoms. The number of aryl methyl sites for hydroxylation is 1. The van der Waals surface area contributed by atoms with Crippen molar-refractivity contribution in [3.8, 4) is 5.75 Å². The number of piperazine rings is 1. The SMILES string of the molecule is COc1ccc(NC(=O)N2CCN(CCNC(=O)Nc3cc(C)nc4ccccc34)CC2)cc1. The van der Waals surface area contributed by atoms with Gasteiger partial charge in [0.25, 0.3) is 0 Å². The van der Waals surface area contributed by atoms with Crippen LogP contribution in [0.1, 0.15) is 5.69 Å². The summed E-state index contributed by atoms with van der Waals surface area (Å²) in [4.78, 5) is 33.5. The van der Waals surface area contributed by atoms with Gasteiger partial charge in [0.15, 0.2) is 0 Å². The van der Waals surface area contributed by atoms with E-state index in [1.165, 1.54) is 0 Å². The summed E-state index contributed by atoms with van der Waals surface area (Å²) < 4.78 is 5.14. The fourth-order valence-electron chi connectivity index (χ4n) is 3.96. The summed E-state index contributed by atoms with van der Waals surface area (Å²) in [5.74, 6) is 0.748. The van der Waals surface area contributed by atoms with Gasteiger partial charge in [-0.15, -0.1) is 0 Å². The second-order valence-corrected chi connectivity index (χ2v) is 8.20. The number of nitrogens with one attached hydrogen (secondary N) is 3. The quantitative estimate of drug-likeness (QED) is 0.521. The van der Waals surface area contributed by atoms with Crippen molar-refractivity contribution < 1.29 is 14.3 Å². The monoisotopic (exact) mass is 462 g/mol. The van der Waals surface area contributed by atoms with E-state index < -0.39 is 0 Å². The molecule has 9 nitrogen and oxygen atoms in total. The zero-order valence-electron chi connectivity index (χ0n) is 19.5. The number of pyridine rings is 1. The zero-order valence-corrected chi connectivity index (χ0v) is 19.5. The van der Waals surface area contributed by atoms with Gasteiger partial charge in [0.1, 0.15) is 5.75 Å². The van der Waals surface area contributed by atoms with Gasteiger partial charge in [-0.1, -0.05) is 18.2 Å². The normalized spacial score (nSPS) is 14.0. The van der Waals surface area contributed by atoms with Crippen molar-refractivity contribution in [1.29, 1.82) is 0 Å². The maximum Gasteiger partial charge on any atom is 0.321 e. The van der Waals surface area contributed by atoms with Crippen LogP contribution in [0.2, 0.25) is 0 Å². The summed E-state index contributed by atoms with van der Waals surface area (Å²) >= 11 is 0. The number of ether oxygens (including phenoxy) is 1. The first-order valence-corrected chi connectivity index (χ1v) is 11.4. The molecule has 3 aromatic rings. The molecule has 0 radical (unpaired) electrons. The van der Waals surface area contributed by atoms with Gasteiger partial charge in [-0.3, -0.25) is 9.88 Å². The Morgan fingerprint density at radius 1 is 1.00 bits per heavy atom. The average Bonchev–Trinajstić information content (AvgIpc) is 2.85. The van der Waals surface area contributed by atoms with E-state index in [1.807, 2.05) is 61.5 Å². The second-order valence-electron chi connectivity index (χ2n) is 8.20. The van der Waals surface area contributed by atoms with E-state index in [0.29, 0.717) is 19.6 Å². The van der Waals surface area contributed by atoms with Crippen LogP contribution in [0.5, 0.6) is 5.75 Å². The second kappa shape index (κ2) is 10.8.